The van der Waals surface area contributed by atoms with Crippen LogP contribution in [0.1, 0.15) is 94.6 Å². The first-order valence-corrected chi connectivity index (χ1v) is 12.8. The molecule has 0 radical (unpaired) electrons. The molecule has 5 nitrogen and oxygen atoms in total. The van der Waals surface area contributed by atoms with Gasteiger partial charge in [0.05, 0.1) is 18.1 Å². The highest BCUT2D eigenvalue weighted by molar-refractivity contribution is 5.95. The molecule has 0 unspecified atom stereocenters. The molecule has 0 spiro atoms. The zero-order valence-corrected chi connectivity index (χ0v) is 21.8. The molecule has 0 amide bonds. The Balaban J connectivity index is 1.67. The highest BCUT2D eigenvalue weighted by Crippen LogP contribution is 2.76. The van der Waals surface area contributed by atoms with Crippen LogP contribution in [-0.2, 0) is 9.53 Å². The average Bonchev–Trinajstić information content (AvgIpc) is 2.82. The number of fused-ring (bicyclic) bond motifs is 7. The molecule has 6 atom stereocenters. The smallest absolute Gasteiger partial charge is 0.311 e. The summed E-state index contributed by atoms with van der Waals surface area (Å²) in [6, 6.07) is 1.61. The minimum absolute atomic E-state index is 0.0533. The van der Waals surface area contributed by atoms with Crippen LogP contribution in [0, 0.1) is 33.0 Å². The van der Waals surface area contributed by atoms with E-state index in [4.69, 9.17) is 4.74 Å². The van der Waals surface area contributed by atoms with Crippen LogP contribution in [0.25, 0.3) is 11.6 Å². The van der Waals surface area contributed by atoms with Crippen molar-refractivity contribution in [3.63, 3.8) is 0 Å². The Hall–Kier alpha value is -2.56. The van der Waals surface area contributed by atoms with Crippen molar-refractivity contribution in [2.24, 2.45) is 33.0 Å². The van der Waals surface area contributed by atoms with E-state index in [1.54, 1.807) is 6.07 Å². The van der Waals surface area contributed by atoms with Gasteiger partial charge in [0.2, 0.25) is 0 Å². The number of ether oxygens (including phenoxy) is 1. The van der Waals surface area contributed by atoms with Gasteiger partial charge in [0.25, 0.3) is 0 Å². The van der Waals surface area contributed by atoms with Gasteiger partial charge >= 0.3 is 5.97 Å². The van der Waals surface area contributed by atoms with Gasteiger partial charge in [-0.3, -0.25) is 9.59 Å². The van der Waals surface area contributed by atoms with Gasteiger partial charge in [0.15, 0.2) is 17.8 Å². The summed E-state index contributed by atoms with van der Waals surface area (Å²) in [6.07, 6.45) is 12.8. The molecule has 0 bridgehead atoms. The molecule has 4 aliphatic rings. The third-order valence-corrected chi connectivity index (χ3v) is 11.4. The first-order chi connectivity index (χ1) is 16.3. The van der Waals surface area contributed by atoms with E-state index >= 15 is 0 Å². The molecule has 0 aliphatic heterocycles. The molecule has 5 heteroatoms. The SMILES string of the molecule is COC(=O)[C@]1(C)CC[C@]2(C)CC[C@@]3(C)[C@@](C)(CC=C4c5cc(O)c(O)c(C=O)c5C=C[C@]43C)[C@H]2C1. The van der Waals surface area contributed by atoms with Crippen molar-refractivity contribution in [2.75, 3.05) is 7.11 Å². The maximum absolute atomic E-state index is 12.8. The average molecular weight is 479 g/mol. The van der Waals surface area contributed by atoms with E-state index in [0.717, 1.165) is 49.7 Å². The minimum atomic E-state index is -0.470. The first-order valence-electron chi connectivity index (χ1n) is 12.8. The van der Waals surface area contributed by atoms with Gasteiger partial charge in [0.1, 0.15) is 0 Å². The van der Waals surface area contributed by atoms with Crippen LogP contribution in [-0.4, -0.2) is 29.6 Å². The van der Waals surface area contributed by atoms with Crippen molar-refractivity contribution >= 4 is 23.9 Å². The topological polar surface area (TPSA) is 83.8 Å². The predicted molar refractivity (Wildman–Crippen MR) is 136 cm³/mol. The molecule has 0 saturated heterocycles. The van der Waals surface area contributed by atoms with Crippen LogP contribution in [0.15, 0.2) is 18.2 Å². The predicted octanol–water partition coefficient (Wildman–Crippen LogP) is 6.52. The van der Waals surface area contributed by atoms with Crippen LogP contribution in [0.5, 0.6) is 11.5 Å². The number of rotatable bonds is 2. The zero-order chi connectivity index (χ0) is 25.6. The summed E-state index contributed by atoms with van der Waals surface area (Å²) in [5.41, 5.74) is 1.97. The number of methoxy groups -OCH3 is 1. The van der Waals surface area contributed by atoms with Crippen LogP contribution >= 0.6 is 0 Å². The van der Waals surface area contributed by atoms with E-state index in [1.165, 1.54) is 7.11 Å². The van der Waals surface area contributed by atoms with Gasteiger partial charge < -0.3 is 14.9 Å². The fourth-order valence-corrected chi connectivity index (χ4v) is 8.64. The van der Waals surface area contributed by atoms with Gasteiger partial charge in [-0.05, 0) is 90.4 Å². The Labute approximate surface area is 208 Å². The molecule has 2 N–H and O–H groups in total. The Kier molecular flexibility index (Phi) is 4.99. The van der Waals surface area contributed by atoms with Crippen molar-refractivity contribution in [2.45, 2.75) is 73.1 Å². The Morgan fingerprint density at radius 1 is 1.09 bits per heavy atom. The number of carbonyl (C=O) groups is 2. The maximum Gasteiger partial charge on any atom is 0.311 e. The highest BCUT2D eigenvalue weighted by Gasteiger charge is 2.68. The lowest BCUT2D eigenvalue weighted by atomic mass is 9.33. The summed E-state index contributed by atoms with van der Waals surface area (Å²) in [5, 5.41) is 20.7. The monoisotopic (exact) mass is 478 g/mol. The maximum atomic E-state index is 12.8. The fraction of sp³-hybridized carbons (Fsp3) is 0.600. The molecule has 1 aromatic rings. The first kappa shape index (κ1) is 24.1. The second-order valence-electron chi connectivity index (χ2n) is 12.8. The summed E-state index contributed by atoms with van der Waals surface area (Å²) >= 11 is 0. The van der Waals surface area contributed by atoms with Crippen molar-refractivity contribution in [3.8, 4) is 11.5 Å². The van der Waals surface area contributed by atoms with Gasteiger partial charge in [-0.1, -0.05) is 45.9 Å². The quantitative estimate of drug-likeness (QED) is 0.287. The Bertz CT molecular complexity index is 1200. The lowest BCUT2D eigenvalue weighted by molar-refractivity contribution is -0.190. The summed E-state index contributed by atoms with van der Waals surface area (Å²) in [4.78, 5) is 24.6. The zero-order valence-electron chi connectivity index (χ0n) is 21.8. The summed E-state index contributed by atoms with van der Waals surface area (Å²) in [7, 11) is 1.50. The lowest BCUT2D eigenvalue weighted by Crippen LogP contribution is -2.63. The minimum Gasteiger partial charge on any atom is -0.504 e. The number of carbonyl (C=O) groups excluding carboxylic acids is 2. The number of hydrogen-bond acceptors (Lipinski definition) is 5. The molecule has 0 aromatic heterocycles. The van der Waals surface area contributed by atoms with E-state index in [0.29, 0.717) is 17.8 Å². The molecule has 2 saturated carbocycles. The van der Waals surface area contributed by atoms with E-state index in [9.17, 15) is 19.8 Å². The molecule has 0 heterocycles. The summed E-state index contributed by atoms with van der Waals surface area (Å²) in [5.74, 6) is -0.371. The van der Waals surface area contributed by atoms with Gasteiger partial charge in [-0.2, -0.15) is 0 Å². The fourth-order valence-electron chi connectivity index (χ4n) is 8.64. The van der Waals surface area contributed by atoms with Crippen LogP contribution in [0.2, 0.25) is 0 Å². The van der Waals surface area contributed by atoms with Crippen molar-refractivity contribution < 1.29 is 24.5 Å². The number of aromatic hydroxyl groups is 2. The van der Waals surface area contributed by atoms with Crippen molar-refractivity contribution in [3.05, 3.63) is 34.9 Å². The molecule has 4 aliphatic carbocycles. The van der Waals surface area contributed by atoms with E-state index in [2.05, 4.69) is 46.8 Å². The molecular weight excluding hydrogens is 440 g/mol. The second-order valence-corrected chi connectivity index (χ2v) is 12.8. The van der Waals surface area contributed by atoms with Crippen LogP contribution in [0.4, 0.5) is 0 Å². The summed E-state index contributed by atoms with van der Waals surface area (Å²) in [6.45, 7) is 11.6. The number of phenolic OH excluding ortho intramolecular Hbond substituents is 2. The van der Waals surface area contributed by atoms with Crippen molar-refractivity contribution in [1.29, 1.82) is 0 Å². The third-order valence-electron chi connectivity index (χ3n) is 11.4. The lowest BCUT2D eigenvalue weighted by Gasteiger charge is -2.70. The number of benzene rings is 1. The number of hydrogen-bond donors (Lipinski definition) is 2. The number of allylic oxidation sites excluding steroid dienone is 3. The second kappa shape index (κ2) is 7.24. The molecule has 188 valence electrons. The Morgan fingerprint density at radius 3 is 2.43 bits per heavy atom. The molecule has 1 aromatic carbocycles. The van der Waals surface area contributed by atoms with Crippen LogP contribution < -0.4 is 0 Å². The highest BCUT2D eigenvalue weighted by atomic mass is 16.5. The molecule has 2 fully saturated rings. The summed E-state index contributed by atoms with van der Waals surface area (Å²) < 4.78 is 5.25. The van der Waals surface area contributed by atoms with Crippen molar-refractivity contribution in [1.82, 2.24) is 0 Å². The number of phenols is 2. The number of aldehydes is 1. The van der Waals surface area contributed by atoms with Gasteiger partial charge in [-0.15, -0.1) is 0 Å². The number of esters is 1. The van der Waals surface area contributed by atoms with E-state index in [1.807, 2.05) is 6.08 Å². The molecular formula is C30H38O5. The van der Waals surface area contributed by atoms with E-state index in [-0.39, 0.29) is 44.7 Å². The van der Waals surface area contributed by atoms with E-state index < -0.39 is 5.41 Å². The normalized spacial score (nSPS) is 41.5. The van der Waals surface area contributed by atoms with Crippen LogP contribution in [0.3, 0.4) is 0 Å². The largest absolute Gasteiger partial charge is 0.504 e. The van der Waals surface area contributed by atoms with Gasteiger partial charge in [-0.25, -0.2) is 0 Å². The standard InChI is InChI=1S/C30H38O5/c1-26-11-12-27(2,25(34)35-6)16-23(26)29(4)10-8-21-19-15-22(32)24(33)20(17-31)18(19)7-9-28(21,3)30(29,5)14-13-26/h7-9,15,17,23,32-33H,10-14,16H2,1-6H3/t23-,26+,27+,28+,29-,30+/m0/s1. The third kappa shape index (κ3) is 2.81. The molecule has 5 rings (SSSR count). The Morgan fingerprint density at radius 2 is 1.77 bits per heavy atom. The molecule has 35 heavy (non-hydrogen) atoms. The van der Waals surface area contributed by atoms with Gasteiger partial charge in [0, 0.05) is 5.41 Å².